The molecule has 26 heavy (non-hydrogen) atoms. The second-order valence-corrected chi connectivity index (χ2v) is 6.49. The fourth-order valence-electron chi connectivity index (χ4n) is 3.07. The Morgan fingerprint density at radius 1 is 1.12 bits per heavy atom. The van der Waals surface area contributed by atoms with E-state index in [-0.39, 0.29) is 16.9 Å². The van der Waals surface area contributed by atoms with E-state index in [9.17, 15) is 31.6 Å². The molecule has 1 fully saturated rings. The van der Waals surface area contributed by atoms with Crippen LogP contribution in [-0.4, -0.2) is 30.4 Å². The summed E-state index contributed by atoms with van der Waals surface area (Å²) in [4.78, 5) is 5.03. The van der Waals surface area contributed by atoms with E-state index in [0.29, 0.717) is 10.4 Å². The van der Waals surface area contributed by atoms with Gasteiger partial charge >= 0.3 is 12.4 Å². The van der Waals surface area contributed by atoms with Crippen LogP contribution < -0.4 is 4.90 Å². The van der Waals surface area contributed by atoms with Gasteiger partial charge in [0, 0.05) is 23.5 Å². The average molecular weight is 394 g/mol. The van der Waals surface area contributed by atoms with Crippen LogP contribution in [0.1, 0.15) is 12.0 Å². The van der Waals surface area contributed by atoms with Gasteiger partial charge < -0.3 is 4.90 Å². The molecule has 3 rings (SSSR count). The van der Waals surface area contributed by atoms with Gasteiger partial charge in [-0.25, -0.2) is 4.98 Å². The maximum absolute atomic E-state index is 13.2. The van der Waals surface area contributed by atoms with Gasteiger partial charge in [-0.05, 0) is 30.7 Å². The lowest BCUT2D eigenvalue weighted by atomic mass is 9.85. The molecule has 10 heteroatoms. The quantitative estimate of drug-likeness (QED) is 0.634. The third kappa shape index (κ3) is 2.82. The molecule has 2 aromatic rings. The van der Waals surface area contributed by atoms with Gasteiger partial charge in [-0.15, -0.1) is 0 Å². The molecule has 0 N–H and O–H groups in total. The number of hydrogen-bond acceptors (Lipinski definition) is 3. The van der Waals surface area contributed by atoms with Crippen molar-refractivity contribution in [3.63, 3.8) is 0 Å². The van der Waals surface area contributed by atoms with Crippen LogP contribution in [0.5, 0.6) is 0 Å². The summed E-state index contributed by atoms with van der Waals surface area (Å²) in [6.07, 6.45) is -12.0. The van der Waals surface area contributed by atoms with E-state index in [1.165, 1.54) is 24.3 Å². The van der Waals surface area contributed by atoms with Crippen molar-refractivity contribution < 1.29 is 26.3 Å². The monoisotopic (exact) mass is 393 g/mol. The molecule has 0 saturated carbocycles. The summed E-state index contributed by atoms with van der Waals surface area (Å²) >= 11 is 5.85. The molecular formula is C16H10ClF6N3. The minimum Gasteiger partial charge on any atom is -0.355 e. The number of aromatic nitrogens is 1. The minimum absolute atomic E-state index is 0.0732. The van der Waals surface area contributed by atoms with Gasteiger partial charge in [0.25, 0.3) is 0 Å². The zero-order valence-electron chi connectivity index (χ0n) is 12.9. The number of hydrogen-bond donors (Lipinski definition) is 0. The Kier molecular flexibility index (Phi) is 4.22. The third-order valence-electron chi connectivity index (χ3n) is 4.56. The fourth-order valence-corrected chi connectivity index (χ4v) is 3.24. The Labute approximate surface area is 148 Å². The second-order valence-electron chi connectivity index (χ2n) is 6.05. The van der Waals surface area contributed by atoms with Crippen LogP contribution in [0.4, 0.5) is 32.2 Å². The van der Waals surface area contributed by atoms with Gasteiger partial charge in [-0.3, -0.25) is 0 Å². The van der Waals surface area contributed by atoms with Crippen molar-refractivity contribution >= 4 is 28.3 Å². The summed E-state index contributed by atoms with van der Waals surface area (Å²) in [5.74, 6) is -0.105. The predicted octanol–water partition coefficient (Wildman–Crippen LogP) is 5.08. The van der Waals surface area contributed by atoms with Crippen LogP contribution in [0.25, 0.3) is 10.9 Å². The van der Waals surface area contributed by atoms with Crippen LogP contribution >= 0.6 is 11.6 Å². The van der Waals surface area contributed by atoms with Crippen molar-refractivity contribution in [1.29, 1.82) is 5.26 Å². The molecule has 1 aromatic heterocycles. The molecule has 2 heterocycles. The van der Waals surface area contributed by atoms with Gasteiger partial charge in [0.1, 0.15) is 5.82 Å². The number of halogens is 7. The highest BCUT2D eigenvalue weighted by Crippen LogP contribution is 2.56. The van der Waals surface area contributed by atoms with Crippen LogP contribution in [0.3, 0.4) is 0 Å². The first-order valence-electron chi connectivity index (χ1n) is 7.37. The molecular weight excluding hydrogens is 384 g/mol. The molecule has 3 nitrogen and oxygen atoms in total. The molecule has 1 aliphatic rings. The zero-order valence-corrected chi connectivity index (χ0v) is 13.7. The van der Waals surface area contributed by atoms with E-state index < -0.39 is 37.3 Å². The molecule has 1 aromatic carbocycles. The number of rotatable bonds is 1. The largest absolute Gasteiger partial charge is 0.404 e. The number of nitrogens with zero attached hydrogens (tertiary/aromatic N) is 3. The highest BCUT2D eigenvalue weighted by atomic mass is 35.5. The molecule has 138 valence electrons. The minimum atomic E-state index is -5.44. The van der Waals surface area contributed by atoms with Crippen molar-refractivity contribution in [2.45, 2.75) is 18.8 Å². The Morgan fingerprint density at radius 3 is 2.31 bits per heavy atom. The van der Waals surface area contributed by atoms with Crippen LogP contribution in [0.15, 0.2) is 24.3 Å². The summed E-state index contributed by atoms with van der Waals surface area (Å²) in [5, 5.41) is 9.96. The second kappa shape index (κ2) is 5.91. The summed E-state index contributed by atoms with van der Waals surface area (Å²) in [5.41, 5.74) is -3.48. The highest BCUT2D eigenvalue weighted by Gasteiger charge is 2.72. The topological polar surface area (TPSA) is 39.9 Å². The van der Waals surface area contributed by atoms with Gasteiger partial charge in [-0.2, -0.15) is 31.6 Å². The number of benzene rings is 1. The lowest BCUT2D eigenvalue weighted by Gasteiger charge is -2.33. The molecule has 1 aliphatic heterocycles. The summed E-state index contributed by atoms with van der Waals surface area (Å²) in [7, 11) is 0. The molecule has 1 saturated heterocycles. The fraction of sp³-hybridized carbons (Fsp3) is 0.375. The lowest BCUT2D eigenvalue weighted by molar-refractivity contribution is -0.332. The molecule has 0 atom stereocenters. The summed E-state index contributed by atoms with van der Waals surface area (Å²) in [6.45, 7) is -1.77. The smallest absolute Gasteiger partial charge is 0.355 e. The average Bonchev–Trinajstić information content (AvgIpc) is 3.00. The standard InChI is InChI=1S/C16H10ClF6N3/c17-10-1-2-12-11(6-10)9(7-24)5-13(25-12)26-4-3-14(8-26,15(18,19)20)16(21,22)23/h1-2,5-6H,3-4,8H2. The van der Waals surface area contributed by atoms with Crippen molar-refractivity contribution in [2.24, 2.45) is 5.41 Å². The van der Waals surface area contributed by atoms with Crippen molar-refractivity contribution in [3.05, 3.63) is 34.9 Å². The third-order valence-corrected chi connectivity index (χ3v) is 4.79. The number of nitriles is 1. The van der Waals surface area contributed by atoms with Gasteiger partial charge in [0.05, 0.1) is 17.1 Å². The van der Waals surface area contributed by atoms with Gasteiger partial charge in [0.2, 0.25) is 0 Å². The van der Waals surface area contributed by atoms with Gasteiger partial charge in [0.15, 0.2) is 5.41 Å². The van der Waals surface area contributed by atoms with E-state index in [1.807, 2.05) is 6.07 Å². The van der Waals surface area contributed by atoms with Crippen LogP contribution in [0, 0.1) is 16.7 Å². The first-order chi connectivity index (χ1) is 12.0. The van der Waals surface area contributed by atoms with Gasteiger partial charge in [-0.1, -0.05) is 11.6 Å². The Bertz CT molecular complexity index is 886. The maximum Gasteiger partial charge on any atom is 0.404 e. The summed E-state index contributed by atoms with van der Waals surface area (Å²) < 4.78 is 79.3. The molecule has 0 aliphatic carbocycles. The van der Waals surface area contributed by atoms with E-state index in [2.05, 4.69) is 4.98 Å². The van der Waals surface area contributed by atoms with Crippen LogP contribution in [-0.2, 0) is 0 Å². The SMILES string of the molecule is N#Cc1cc(N2CCC(C(F)(F)F)(C(F)(F)F)C2)nc2ccc(Cl)cc12. The summed E-state index contributed by atoms with van der Waals surface area (Å²) in [6, 6.07) is 7.45. The maximum atomic E-state index is 13.2. The molecule has 0 spiro atoms. The lowest BCUT2D eigenvalue weighted by Crippen LogP contribution is -2.51. The highest BCUT2D eigenvalue weighted by molar-refractivity contribution is 6.31. The van der Waals surface area contributed by atoms with Crippen molar-refractivity contribution in [1.82, 2.24) is 4.98 Å². The van der Waals surface area contributed by atoms with Crippen molar-refractivity contribution in [2.75, 3.05) is 18.0 Å². The number of fused-ring (bicyclic) bond motifs is 1. The van der Waals surface area contributed by atoms with Crippen LogP contribution in [0.2, 0.25) is 5.02 Å². The Balaban J connectivity index is 2.06. The van der Waals surface area contributed by atoms with E-state index in [4.69, 9.17) is 11.6 Å². The first-order valence-corrected chi connectivity index (χ1v) is 7.75. The van der Waals surface area contributed by atoms with E-state index in [0.717, 1.165) is 4.90 Å². The number of anilines is 1. The molecule has 0 amide bonds. The first kappa shape index (κ1) is 18.6. The zero-order chi connectivity index (χ0) is 19.3. The number of alkyl halides is 6. The molecule has 0 unspecified atom stereocenters. The molecule has 0 bridgehead atoms. The Morgan fingerprint density at radius 2 is 1.77 bits per heavy atom. The predicted molar refractivity (Wildman–Crippen MR) is 82.8 cm³/mol. The van der Waals surface area contributed by atoms with E-state index >= 15 is 0 Å². The van der Waals surface area contributed by atoms with Crippen molar-refractivity contribution in [3.8, 4) is 6.07 Å². The normalized spacial score (nSPS) is 17.5. The Hall–Kier alpha value is -2.21. The molecule has 0 radical (unpaired) electrons. The van der Waals surface area contributed by atoms with E-state index in [1.54, 1.807) is 0 Å². The number of pyridine rings is 1.